The van der Waals surface area contributed by atoms with Crippen LogP contribution in [0.25, 0.3) is 10.8 Å². The van der Waals surface area contributed by atoms with Gasteiger partial charge in [-0.3, -0.25) is 19.3 Å². The number of carbonyl (C=O) groups is 3. The zero-order valence-electron chi connectivity index (χ0n) is 19.3. The third-order valence-electron chi connectivity index (χ3n) is 6.48. The molecule has 3 aromatic carbocycles. The molecule has 7 heteroatoms. The van der Waals surface area contributed by atoms with E-state index in [0.29, 0.717) is 17.1 Å². The van der Waals surface area contributed by atoms with Crippen LogP contribution in [0.2, 0.25) is 5.02 Å². The molecule has 176 valence electrons. The Morgan fingerprint density at radius 2 is 1.76 bits per heavy atom. The van der Waals surface area contributed by atoms with Crippen LogP contribution in [0, 0.1) is 0 Å². The minimum atomic E-state index is -1.34. The van der Waals surface area contributed by atoms with Crippen LogP contribution < -0.4 is 0 Å². The average molecular weight is 479 g/mol. The molecule has 1 aliphatic rings. The molecule has 6 nitrogen and oxygen atoms in total. The lowest BCUT2D eigenvalue weighted by Gasteiger charge is -2.30. The molecule has 0 aliphatic carbocycles. The first-order chi connectivity index (χ1) is 16.4. The van der Waals surface area contributed by atoms with Crippen molar-refractivity contribution in [2.75, 3.05) is 27.3 Å². The number of carbonyl (C=O) groups excluding carboxylic acids is 3. The molecule has 4 rings (SSSR count). The van der Waals surface area contributed by atoms with Crippen molar-refractivity contribution in [2.45, 2.75) is 24.8 Å². The highest BCUT2D eigenvalue weighted by Gasteiger charge is 2.54. The number of ether oxygens (including phenoxy) is 1. The van der Waals surface area contributed by atoms with Crippen LogP contribution in [0.15, 0.2) is 66.7 Å². The standard InChI is InChI=1S/C27H27ClN2O4/c1-29(18-20-10-7-9-19-8-3-4-11-21(19)20)24(31)16-27(22-12-5-6-13-23(22)28)17-25(32)30(26(27)33)14-15-34-2/h3-13H,14-18H2,1-2H3. The van der Waals surface area contributed by atoms with Gasteiger partial charge in [0.25, 0.3) is 0 Å². The topological polar surface area (TPSA) is 66.9 Å². The van der Waals surface area contributed by atoms with Gasteiger partial charge in [0.1, 0.15) is 0 Å². The molecule has 1 fully saturated rings. The highest BCUT2D eigenvalue weighted by atomic mass is 35.5. The Balaban J connectivity index is 1.64. The van der Waals surface area contributed by atoms with Crippen molar-refractivity contribution in [3.8, 4) is 0 Å². The molecule has 0 radical (unpaired) electrons. The SMILES string of the molecule is COCCN1C(=O)CC(CC(=O)N(C)Cc2cccc3ccccc23)(c2ccccc2Cl)C1=O. The normalized spacial score (nSPS) is 18.0. The molecule has 0 saturated carbocycles. The number of nitrogens with zero attached hydrogens (tertiary/aromatic N) is 2. The summed E-state index contributed by atoms with van der Waals surface area (Å²) in [5.74, 6) is -0.969. The Labute approximate surface area is 204 Å². The molecule has 0 aromatic heterocycles. The zero-order chi connectivity index (χ0) is 24.3. The number of halogens is 1. The van der Waals surface area contributed by atoms with Crippen LogP contribution in [0.3, 0.4) is 0 Å². The van der Waals surface area contributed by atoms with E-state index < -0.39 is 11.3 Å². The van der Waals surface area contributed by atoms with Gasteiger partial charge in [-0.1, -0.05) is 72.3 Å². The third kappa shape index (κ3) is 4.43. The van der Waals surface area contributed by atoms with Gasteiger partial charge in [0.15, 0.2) is 0 Å². The van der Waals surface area contributed by atoms with Crippen LogP contribution >= 0.6 is 11.6 Å². The van der Waals surface area contributed by atoms with Crippen LogP contribution in [0.4, 0.5) is 0 Å². The van der Waals surface area contributed by atoms with Crippen LogP contribution in [0.1, 0.15) is 24.0 Å². The van der Waals surface area contributed by atoms with E-state index >= 15 is 0 Å². The maximum atomic E-state index is 13.6. The number of rotatable bonds is 8. The maximum Gasteiger partial charge on any atom is 0.241 e. The van der Waals surface area contributed by atoms with E-state index in [1.807, 2.05) is 42.5 Å². The first kappa shape index (κ1) is 23.9. The summed E-state index contributed by atoms with van der Waals surface area (Å²) in [6, 6.07) is 20.9. The predicted molar refractivity (Wildman–Crippen MR) is 131 cm³/mol. The van der Waals surface area contributed by atoms with Gasteiger partial charge in [0, 0.05) is 38.6 Å². The van der Waals surface area contributed by atoms with Crippen molar-refractivity contribution in [3.05, 3.63) is 82.9 Å². The summed E-state index contributed by atoms with van der Waals surface area (Å²) < 4.78 is 5.07. The molecule has 0 N–H and O–H groups in total. The van der Waals surface area contributed by atoms with E-state index in [0.717, 1.165) is 16.3 Å². The number of hydrogen-bond donors (Lipinski definition) is 0. The molecule has 3 amide bonds. The maximum absolute atomic E-state index is 13.6. The summed E-state index contributed by atoms with van der Waals surface area (Å²) in [6.45, 7) is 0.750. The highest BCUT2D eigenvalue weighted by molar-refractivity contribution is 6.32. The first-order valence-electron chi connectivity index (χ1n) is 11.2. The van der Waals surface area contributed by atoms with Gasteiger partial charge in [-0.05, 0) is 28.0 Å². The lowest BCUT2D eigenvalue weighted by atomic mass is 9.75. The van der Waals surface area contributed by atoms with Crippen molar-refractivity contribution in [3.63, 3.8) is 0 Å². The average Bonchev–Trinajstić information content (AvgIpc) is 3.07. The Hall–Kier alpha value is -3.22. The molecule has 0 bridgehead atoms. The van der Waals surface area contributed by atoms with E-state index in [2.05, 4.69) is 0 Å². The minimum Gasteiger partial charge on any atom is -0.383 e. The number of amides is 3. The van der Waals surface area contributed by atoms with Gasteiger partial charge < -0.3 is 9.64 Å². The monoisotopic (exact) mass is 478 g/mol. The molecular weight excluding hydrogens is 452 g/mol. The summed E-state index contributed by atoms with van der Waals surface area (Å²) >= 11 is 6.49. The fraction of sp³-hybridized carbons (Fsp3) is 0.296. The Kier molecular flexibility index (Phi) is 7.00. The number of likely N-dealkylation sites (tertiary alicyclic amines) is 1. The van der Waals surface area contributed by atoms with Crippen LogP contribution in [0.5, 0.6) is 0 Å². The second-order valence-electron chi connectivity index (χ2n) is 8.65. The van der Waals surface area contributed by atoms with Crippen LogP contribution in [-0.4, -0.2) is 54.8 Å². The first-order valence-corrected chi connectivity index (χ1v) is 11.5. The molecule has 1 aliphatic heterocycles. The number of fused-ring (bicyclic) bond motifs is 1. The zero-order valence-corrected chi connectivity index (χ0v) is 20.0. The van der Waals surface area contributed by atoms with Gasteiger partial charge in [-0.25, -0.2) is 0 Å². The predicted octanol–water partition coefficient (Wildman–Crippen LogP) is 4.19. The van der Waals surface area contributed by atoms with E-state index in [1.54, 1.807) is 36.2 Å². The smallest absolute Gasteiger partial charge is 0.241 e. The van der Waals surface area contributed by atoms with Crippen molar-refractivity contribution < 1.29 is 19.1 Å². The second-order valence-corrected chi connectivity index (χ2v) is 9.05. The van der Waals surface area contributed by atoms with Crippen molar-refractivity contribution in [1.82, 2.24) is 9.80 Å². The Bertz CT molecular complexity index is 1240. The molecule has 34 heavy (non-hydrogen) atoms. The van der Waals surface area contributed by atoms with E-state index in [-0.39, 0.29) is 37.8 Å². The fourth-order valence-electron chi connectivity index (χ4n) is 4.67. The lowest BCUT2D eigenvalue weighted by Crippen LogP contribution is -2.43. The summed E-state index contributed by atoms with van der Waals surface area (Å²) in [4.78, 5) is 42.7. The molecule has 3 aromatic rings. The van der Waals surface area contributed by atoms with Gasteiger partial charge in [0.2, 0.25) is 17.7 Å². The van der Waals surface area contributed by atoms with Gasteiger partial charge >= 0.3 is 0 Å². The summed E-state index contributed by atoms with van der Waals surface area (Å²) in [5, 5.41) is 2.53. The largest absolute Gasteiger partial charge is 0.383 e. The summed E-state index contributed by atoms with van der Waals surface area (Å²) in [7, 11) is 3.23. The second kappa shape index (κ2) is 9.95. The number of hydrogen-bond acceptors (Lipinski definition) is 4. The minimum absolute atomic E-state index is 0.104. The Morgan fingerprint density at radius 1 is 1.06 bits per heavy atom. The molecule has 0 spiro atoms. The van der Waals surface area contributed by atoms with E-state index in [4.69, 9.17) is 16.3 Å². The van der Waals surface area contributed by atoms with Crippen molar-refractivity contribution >= 4 is 40.1 Å². The number of imide groups is 1. The quantitative estimate of drug-likeness (QED) is 0.455. The molecule has 1 heterocycles. The van der Waals surface area contributed by atoms with E-state index in [9.17, 15) is 14.4 Å². The molecule has 1 saturated heterocycles. The summed E-state index contributed by atoms with van der Waals surface area (Å²) in [6.07, 6.45) is -0.251. The fourth-order valence-corrected chi connectivity index (χ4v) is 4.99. The van der Waals surface area contributed by atoms with Crippen molar-refractivity contribution in [1.29, 1.82) is 0 Å². The summed E-state index contributed by atoms with van der Waals surface area (Å²) in [5.41, 5.74) is 0.172. The van der Waals surface area contributed by atoms with Crippen LogP contribution in [-0.2, 0) is 31.1 Å². The van der Waals surface area contributed by atoms with Gasteiger partial charge in [-0.15, -0.1) is 0 Å². The van der Waals surface area contributed by atoms with Gasteiger partial charge in [-0.2, -0.15) is 0 Å². The third-order valence-corrected chi connectivity index (χ3v) is 6.81. The Morgan fingerprint density at radius 3 is 2.53 bits per heavy atom. The number of benzene rings is 3. The lowest BCUT2D eigenvalue weighted by molar-refractivity contribution is -0.143. The van der Waals surface area contributed by atoms with Gasteiger partial charge in [0.05, 0.1) is 18.6 Å². The number of methoxy groups -OCH3 is 1. The molecular formula is C27H27ClN2O4. The molecule has 1 atom stereocenters. The highest BCUT2D eigenvalue weighted by Crippen LogP contribution is 2.43. The van der Waals surface area contributed by atoms with E-state index in [1.165, 1.54) is 12.0 Å². The molecule has 1 unspecified atom stereocenters. The van der Waals surface area contributed by atoms with Crippen molar-refractivity contribution in [2.24, 2.45) is 0 Å².